The van der Waals surface area contributed by atoms with Gasteiger partial charge in [0.2, 0.25) is 5.91 Å². The van der Waals surface area contributed by atoms with Crippen LogP contribution < -0.4 is 14.9 Å². The molecule has 9 nitrogen and oxygen atoms in total. The second-order valence-electron chi connectivity index (χ2n) is 7.11. The second-order valence-corrected chi connectivity index (χ2v) is 7.11. The van der Waals surface area contributed by atoms with Crippen molar-refractivity contribution in [1.29, 1.82) is 0 Å². The summed E-state index contributed by atoms with van der Waals surface area (Å²) in [4.78, 5) is 34.6. The molecule has 0 aliphatic carbocycles. The summed E-state index contributed by atoms with van der Waals surface area (Å²) >= 11 is 0. The van der Waals surface area contributed by atoms with Gasteiger partial charge in [-0.1, -0.05) is 30.3 Å². The second kappa shape index (κ2) is 11.9. The molecular weight excluding hydrogens is 438 g/mol. The van der Waals surface area contributed by atoms with Crippen molar-refractivity contribution in [2.24, 2.45) is 5.10 Å². The number of nitro groups is 1. The lowest BCUT2D eigenvalue weighted by Crippen LogP contribution is -2.17. The van der Waals surface area contributed by atoms with Gasteiger partial charge in [0, 0.05) is 18.6 Å². The summed E-state index contributed by atoms with van der Waals surface area (Å²) in [7, 11) is 0. The zero-order valence-electron chi connectivity index (χ0n) is 18.5. The maximum Gasteiger partial charge on any atom is 0.343 e. The molecule has 0 unspecified atom stereocenters. The summed E-state index contributed by atoms with van der Waals surface area (Å²) in [6.45, 7) is 2.12. The Labute approximate surface area is 196 Å². The molecule has 1 N–H and O–H groups in total. The fourth-order valence-corrected chi connectivity index (χ4v) is 2.97. The Morgan fingerprint density at radius 2 is 1.76 bits per heavy atom. The van der Waals surface area contributed by atoms with Crippen molar-refractivity contribution < 1.29 is 24.0 Å². The normalized spacial score (nSPS) is 10.6. The molecule has 9 heteroatoms. The number of non-ortho nitro benzene ring substituents is 1. The van der Waals surface area contributed by atoms with Crippen LogP contribution in [0.25, 0.3) is 0 Å². The highest BCUT2D eigenvalue weighted by atomic mass is 16.6. The molecule has 0 spiro atoms. The van der Waals surface area contributed by atoms with Gasteiger partial charge in [-0.2, -0.15) is 5.10 Å². The number of nitrogens with zero attached hydrogens (tertiary/aromatic N) is 2. The molecule has 0 aromatic heterocycles. The molecule has 0 saturated carbocycles. The highest BCUT2D eigenvalue weighted by Crippen LogP contribution is 2.29. The Morgan fingerprint density at radius 3 is 2.44 bits per heavy atom. The lowest BCUT2D eigenvalue weighted by atomic mass is 10.1. The monoisotopic (exact) mass is 461 g/mol. The number of amides is 1. The van der Waals surface area contributed by atoms with Crippen LogP contribution in [0.2, 0.25) is 0 Å². The minimum Gasteiger partial charge on any atom is -0.490 e. The molecule has 1 amide bonds. The van der Waals surface area contributed by atoms with Crippen molar-refractivity contribution in [3.8, 4) is 11.5 Å². The molecule has 0 atom stereocenters. The molecule has 174 valence electrons. The molecule has 0 fully saturated rings. The number of ether oxygens (including phenoxy) is 2. The Morgan fingerprint density at radius 1 is 1.03 bits per heavy atom. The van der Waals surface area contributed by atoms with E-state index in [9.17, 15) is 19.7 Å². The predicted molar refractivity (Wildman–Crippen MR) is 126 cm³/mol. The van der Waals surface area contributed by atoms with Crippen LogP contribution in [-0.2, 0) is 11.2 Å². The van der Waals surface area contributed by atoms with E-state index in [-0.39, 0.29) is 22.9 Å². The Kier molecular flexibility index (Phi) is 8.45. The van der Waals surface area contributed by atoms with E-state index in [4.69, 9.17) is 9.47 Å². The number of esters is 1. The number of nitrogens with one attached hydrogen (secondary N) is 1. The van der Waals surface area contributed by atoms with Crippen LogP contribution in [0.4, 0.5) is 5.69 Å². The molecule has 34 heavy (non-hydrogen) atoms. The zero-order chi connectivity index (χ0) is 24.3. The number of nitro benzene ring substituents is 1. The number of hydrogen-bond acceptors (Lipinski definition) is 7. The third-order valence-electron chi connectivity index (χ3n) is 4.67. The number of hydrazone groups is 1. The van der Waals surface area contributed by atoms with E-state index >= 15 is 0 Å². The number of benzene rings is 3. The Hall–Kier alpha value is -4.53. The minimum atomic E-state index is -0.678. The lowest BCUT2D eigenvalue weighted by Gasteiger charge is -2.11. The maximum absolute atomic E-state index is 12.4. The van der Waals surface area contributed by atoms with Gasteiger partial charge in [-0.05, 0) is 54.8 Å². The SMILES string of the molecule is CCOc1cc(/C=N/NC(=O)CCc2ccccc2)ccc1OC(=O)c1ccc([N+](=O)[O-])cc1. The van der Waals surface area contributed by atoms with E-state index in [2.05, 4.69) is 10.5 Å². The van der Waals surface area contributed by atoms with Gasteiger partial charge in [-0.25, -0.2) is 10.2 Å². The molecule has 0 heterocycles. The van der Waals surface area contributed by atoms with Crippen LogP contribution in [-0.4, -0.2) is 29.6 Å². The molecule has 3 rings (SSSR count). The maximum atomic E-state index is 12.4. The van der Waals surface area contributed by atoms with E-state index in [0.717, 1.165) is 5.56 Å². The smallest absolute Gasteiger partial charge is 0.343 e. The van der Waals surface area contributed by atoms with Crippen molar-refractivity contribution in [3.63, 3.8) is 0 Å². The van der Waals surface area contributed by atoms with Gasteiger partial charge in [-0.3, -0.25) is 14.9 Å². The van der Waals surface area contributed by atoms with Crippen LogP contribution in [0.1, 0.15) is 34.8 Å². The summed E-state index contributed by atoms with van der Waals surface area (Å²) in [5, 5.41) is 14.7. The van der Waals surface area contributed by atoms with Crippen LogP contribution in [0, 0.1) is 10.1 Å². The quantitative estimate of drug-likeness (QED) is 0.158. The van der Waals surface area contributed by atoms with E-state index in [1.165, 1.54) is 30.5 Å². The van der Waals surface area contributed by atoms with Gasteiger partial charge >= 0.3 is 5.97 Å². The highest BCUT2D eigenvalue weighted by Gasteiger charge is 2.15. The summed E-state index contributed by atoms with van der Waals surface area (Å²) in [6.07, 6.45) is 2.39. The summed E-state index contributed by atoms with van der Waals surface area (Å²) in [5.41, 5.74) is 4.23. The van der Waals surface area contributed by atoms with Crippen LogP contribution in [0.5, 0.6) is 11.5 Å². The number of carbonyl (C=O) groups excluding carboxylic acids is 2. The summed E-state index contributed by atoms with van der Waals surface area (Å²) in [6, 6.07) is 19.6. The molecule has 0 saturated heterocycles. The first kappa shape index (κ1) is 24.1. The van der Waals surface area contributed by atoms with Crippen LogP contribution >= 0.6 is 0 Å². The van der Waals surface area contributed by atoms with Crippen molar-refractivity contribution in [3.05, 3.63) is 99.6 Å². The first-order chi connectivity index (χ1) is 16.5. The van der Waals surface area contributed by atoms with Crippen LogP contribution in [0.15, 0.2) is 77.9 Å². The van der Waals surface area contributed by atoms with Gasteiger partial charge in [0.25, 0.3) is 5.69 Å². The molecule has 3 aromatic carbocycles. The zero-order valence-corrected chi connectivity index (χ0v) is 18.5. The first-order valence-electron chi connectivity index (χ1n) is 10.6. The first-order valence-corrected chi connectivity index (χ1v) is 10.6. The van der Waals surface area contributed by atoms with Crippen molar-refractivity contribution in [2.45, 2.75) is 19.8 Å². The number of aryl methyl sites for hydroxylation is 1. The standard InChI is InChI=1S/C25H23N3O6/c1-2-33-23-16-19(17-26-27-24(29)15-9-18-6-4-3-5-7-18)8-14-22(23)34-25(30)20-10-12-21(13-11-20)28(31)32/h3-8,10-14,16-17H,2,9,15H2,1H3,(H,27,29)/b26-17+. The van der Waals surface area contributed by atoms with Crippen molar-refractivity contribution in [2.75, 3.05) is 6.61 Å². The van der Waals surface area contributed by atoms with Gasteiger partial charge in [-0.15, -0.1) is 0 Å². The molecule has 0 aliphatic rings. The average molecular weight is 461 g/mol. The van der Waals surface area contributed by atoms with Gasteiger partial charge in [0.15, 0.2) is 11.5 Å². The third-order valence-corrected chi connectivity index (χ3v) is 4.67. The lowest BCUT2D eigenvalue weighted by molar-refractivity contribution is -0.384. The van der Waals surface area contributed by atoms with E-state index < -0.39 is 10.9 Å². The minimum absolute atomic E-state index is 0.123. The van der Waals surface area contributed by atoms with E-state index in [1.54, 1.807) is 25.1 Å². The largest absolute Gasteiger partial charge is 0.490 e. The van der Waals surface area contributed by atoms with E-state index in [1.807, 2.05) is 30.3 Å². The van der Waals surface area contributed by atoms with Crippen LogP contribution in [0.3, 0.4) is 0 Å². The molecule has 0 radical (unpaired) electrons. The number of hydrogen-bond donors (Lipinski definition) is 1. The summed E-state index contributed by atoms with van der Waals surface area (Å²) < 4.78 is 11.0. The third kappa shape index (κ3) is 6.99. The Balaban J connectivity index is 1.61. The molecule has 0 bridgehead atoms. The van der Waals surface area contributed by atoms with Gasteiger partial charge in [0.1, 0.15) is 0 Å². The van der Waals surface area contributed by atoms with Gasteiger partial charge < -0.3 is 9.47 Å². The number of carbonyl (C=O) groups is 2. The molecule has 3 aromatic rings. The number of rotatable bonds is 10. The average Bonchev–Trinajstić information content (AvgIpc) is 2.85. The topological polar surface area (TPSA) is 120 Å². The fraction of sp³-hybridized carbons (Fsp3) is 0.160. The van der Waals surface area contributed by atoms with E-state index in [0.29, 0.717) is 30.8 Å². The summed E-state index contributed by atoms with van der Waals surface area (Å²) in [5.74, 6) is -0.381. The van der Waals surface area contributed by atoms with Gasteiger partial charge in [0.05, 0.1) is 23.3 Å². The molecular formula is C25H23N3O6. The Bertz CT molecular complexity index is 1180. The molecule has 0 aliphatic heterocycles. The fourth-order valence-electron chi connectivity index (χ4n) is 2.97. The van der Waals surface area contributed by atoms with Crippen molar-refractivity contribution >= 4 is 23.8 Å². The van der Waals surface area contributed by atoms with Crippen molar-refractivity contribution in [1.82, 2.24) is 5.43 Å². The predicted octanol–water partition coefficient (Wildman–Crippen LogP) is 4.30. The highest BCUT2D eigenvalue weighted by molar-refractivity contribution is 5.92.